The van der Waals surface area contributed by atoms with Crippen molar-refractivity contribution in [2.45, 2.75) is 32.0 Å². The molecule has 0 aliphatic carbocycles. The number of esters is 1. The van der Waals surface area contributed by atoms with E-state index in [0.717, 1.165) is 21.0 Å². The standard InChI is InChI=1S/C7H13BF3O2/c1-7(2,8(9,10)11)5-4-6(12)13-3/h4-5H2,1-3H3/q-1. The highest BCUT2D eigenvalue weighted by Crippen LogP contribution is 2.43. The molecule has 0 aliphatic rings. The first-order valence-electron chi connectivity index (χ1n) is 3.97. The second-order valence-corrected chi connectivity index (χ2v) is 3.64. The molecule has 0 saturated carbocycles. The molecule has 0 bridgehead atoms. The van der Waals surface area contributed by atoms with E-state index < -0.39 is 18.3 Å². The molecule has 0 aliphatic heterocycles. The molecule has 0 unspecified atom stereocenters. The molecule has 0 saturated heterocycles. The Morgan fingerprint density at radius 3 is 2.15 bits per heavy atom. The van der Waals surface area contributed by atoms with Gasteiger partial charge in [-0.3, -0.25) is 4.79 Å². The van der Waals surface area contributed by atoms with E-state index >= 15 is 0 Å². The highest BCUT2D eigenvalue weighted by Gasteiger charge is 2.41. The fraction of sp³-hybridized carbons (Fsp3) is 0.857. The van der Waals surface area contributed by atoms with Gasteiger partial charge in [-0.2, -0.15) is 0 Å². The Hall–Kier alpha value is -0.675. The largest absolute Gasteiger partial charge is 0.483 e. The van der Waals surface area contributed by atoms with E-state index in [1.807, 2.05) is 0 Å². The van der Waals surface area contributed by atoms with Crippen LogP contribution in [0, 0.1) is 0 Å². The average molecular weight is 197 g/mol. The Labute approximate surface area is 75.5 Å². The molecule has 13 heavy (non-hydrogen) atoms. The van der Waals surface area contributed by atoms with E-state index in [1.165, 1.54) is 0 Å². The van der Waals surface area contributed by atoms with Crippen molar-refractivity contribution in [2.75, 3.05) is 7.11 Å². The Morgan fingerprint density at radius 2 is 1.85 bits per heavy atom. The molecule has 0 amide bonds. The average Bonchev–Trinajstić information content (AvgIpc) is 1.98. The maximum atomic E-state index is 12.3. The van der Waals surface area contributed by atoms with Crippen LogP contribution in [0.15, 0.2) is 0 Å². The number of methoxy groups -OCH3 is 1. The van der Waals surface area contributed by atoms with Crippen LogP contribution in [0.25, 0.3) is 0 Å². The SMILES string of the molecule is COC(=O)CCC(C)(C)[B-](F)(F)F. The van der Waals surface area contributed by atoms with Crippen LogP contribution in [0.5, 0.6) is 0 Å². The van der Waals surface area contributed by atoms with Gasteiger partial charge in [0.05, 0.1) is 7.11 Å². The van der Waals surface area contributed by atoms with Gasteiger partial charge >= 0.3 is 12.9 Å². The minimum absolute atomic E-state index is 0.190. The Balaban J connectivity index is 4.12. The van der Waals surface area contributed by atoms with Crippen LogP contribution in [0.3, 0.4) is 0 Å². The van der Waals surface area contributed by atoms with Gasteiger partial charge < -0.3 is 17.7 Å². The van der Waals surface area contributed by atoms with Crippen molar-refractivity contribution in [1.29, 1.82) is 0 Å². The smallest absolute Gasteiger partial charge is 0.469 e. The number of hydrogen-bond acceptors (Lipinski definition) is 2. The van der Waals surface area contributed by atoms with E-state index in [4.69, 9.17) is 0 Å². The molecule has 78 valence electrons. The summed E-state index contributed by atoms with van der Waals surface area (Å²) in [4.78, 5) is 10.6. The summed E-state index contributed by atoms with van der Waals surface area (Å²) in [7, 11) is 1.16. The maximum Gasteiger partial charge on any atom is 0.483 e. The van der Waals surface area contributed by atoms with Crippen LogP contribution in [0.1, 0.15) is 26.7 Å². The number of rotatable bonds is 4. The van der Waals surface area contributed by atoms with Gasteiger partial charge in [-0.05, 0) is 0 Å². The molecule has 0 atom stereocenters. The van der Waals surface area contributed by atoms with Crippen molar-refractivity contribution in [3.63, 3.8) is 0 Å². The number of halogens is 3. The van der Waals surface area contributed by atoms with E-state index in [2.05, 4.69) is 4.74 Å². The Kier molecular flexibility index (Phi) is 3.81. The minimum Gasteiger partial charge on any atom is -0.469 e. The second-order valence-electron chi connectivity index (χ2n) is 3.64. The van der Waals surface area contributed by atoms with Crippen LogP contribution in [-0.4, -0.2) is 20.1 Å². The summed E-state index contributed by atoms with van der Waals surface area (Å²) in [6, 6.07) is 0. The Morgan fingerprint density at radius 1 is 1.38 bits per heavy atom. The third kappa shape index (κ3) is 3.70. The summed E-state index contributed by atoms with van der Waals surface area (Å²) < 4.78 is 41.2. The van der Waals surface area contributed by atoms with Gasteiger partial charge in [-0.15, -0.1) is 0 Å². The molecule has 0 rings (SSSR count). The monoisotopic (exact) mass is 197 g/mol. The topological polar surface area (TPSA) is 26.3 Å². The molecule has 0 heterocycles. The zero-order valence-corrected chi connectivity index (χ0v) is 7.94. The third-order valence-electron chi connectivity index (χ3n) is 2.09. The predicted octanol–water partition coefficient (Wildman–Crippen LogP) is 2.57. The lowest BCUT2D eigenvalue weighted by atomic mass is 9.58. The first kappa shape index (κ1) is 12.3. The molecule has 6 heteroatoms. The van der Waals surface area contributed by atoms with Crippen molar-refractivity contribution >= 4 is 12.9 Å². The highest BCUT2D eigenvalue weighted by molar-refractivity contribution is 6.62. The summed E-state index contributed by atoms with van der Waals surface area (Å²) >= 11 is 0. The summed E-state index contributed by atoms with van der Waals surface area (Å²) in [5.41, 5.74) is 0. The molecular weight excluding hydrogens is 184 g/mol. The van der Waals surface area contributed by atoms with Crippen LogP contribution in [-0.2, 0) is 9.53 Å². The van der Waals surface area contributed by atoms with Crippen molar-refractivity contribution in [1.82, 2.24) is 0 Å². The normalized spacial score (nSPS) is 12.8. The summed E-state index contributed by atoms with van der Waals surface area (Å²) in [5.74, 6) is -0.604. The van der Waals surface area contributed by atoms with Gasteiger partial charge in [0, 0.05) is 6.42 Å². The fourth-order valence-electron chi connectivity index (χ4n) is 0.690. The van der Waals surface area contributed by atoms with Gasteiger partial charge in [0.2, 0.25) is 0 Å². The van der Waals surface area contributed by atoms with Crippen molar-refractivity contribution in [3.05, 3.63) is 0 Å². The maximum absolute atomic E-state index is 12.3. The molecule has 0 radical (unpaired) electrons. The minimum atomic E-state index is -4.90. The quantitative estimate of drug-likeness (QED) is 0.511. The molecule has 0 aromatic rings. The predicted molar refractivity (Wildman–Crippen MR) is 44.4 cm³/mol. The zero-order valence-electron chi connectivity index (χ0n) is 7.94. The summed E-state index contributed by atoms with van der Waals surface area (Å²) in [5, 5.41) is -1.77. The first-order chi connectivity index (χ1) is 5.70. The van der Waals surface area contributed by atoms with Crippen LogP contribution in [0.4, 0.5) is 12.9 Å². The van der Waals surface area contributed by atoms with E-state index in [0.29, 0.717) is 0 Å². The molecule has 0 aromatic heterocycles. The van der Waals surface area contributed by atoms with Crippen LogP contribution >= 0.6 is 0 Å². The molecule has 0 fully saturated rings. The van der Waals surface area contributed by atoms with Gasteiger partial charge in [-0.25, -0.2) is 0 Å². The summed E-state index contributed by atoms with van der Waals surface area (Å²) in [6.45, 7) is -2.72. The lowest BCUT2D eigenvalue weighted by molar-refractivity contribution is -0.140. The van der Waals surface area contributed by atoms with E-state index in [1.54, 1.807) is 0 Å². The molecular formula is C7H13BF3O2-. The second kappa shape index (κ2) is 4.02. The fourth-order valence-corrected chi connectivity index (χ4v) is 0.690. The lowest BCUT2D eigenvalue weighted by Gasteiger charge is -2.34. The third-order valence-corrected chi connectivity index (χ3v) is 2.09. The Bertz CT molecular complexity index is 189. The number of hydrogen-bond donors (Lipinski definition) is 0. The summed E-state index contributed by atoms with van der Waals surface area (Å²) in [6.07, 6.45) is -0.409. The van der Waals surface area contributed by atoms with Crippen molar-refractivity contribution in [3.8, 4) is 0 Å². The highest BCUT2D eigenvalue weighted by atomic mass is 19.4. The lowest BCUT2D eigenvalue weighted by Crippen LogP contribution is -2.32. The van der Waals surface area contributed by atoms with Gasteiger partial charge in [0.25, 0.3) is 0 Å². The van der Waals surface area contributed by atoms with Crippen molar-refractivity contribution < 1.29 is 22.5 Å². The van der Waals surface area contributed by atoms with Crippen LogP contribution in [0.2, 0.25) is 5.31 Å². The molecule has 0 spiro atoms. The molecule has 0 aromatic carbocycles. The number of ether oxygens (including phenoxy) is 1. The van der Waals surface area contributed by atoms with Crippen LogP contribution < -0.4 is 0 Å². The first-order valence-corrected chi connectivity index (χ1v) is 3.97. The molecule has 2 nitrogen and oxygen atoms in total. The van der Waals surface area contributed by atoms with E-state index in [9.17, 15) is 17.7 Å². The zero-order chi connectivity index (χ0) is 10.7. The van der Waals surface area contributed by atoms with Crippen molar-refractivity contribution in [2.24, 2.45) is 0 Å². The number of carbonyl (C=O) groups excluding carboxylic acids is 1. The molecule has 0 N–H and O–H groups in total. The van der Waals surface area contributed by atoms with Gasteiger partial charge in [0.15, 0.2) is 0 Å². The van der Waals surface area contributed by atoms with Gasteiger partial charge in [-0.1, -0.05) is 25.6 Å². The van der Waals surface area contributed by atoms with Gasteiger partial charge in [0.1, 0.15) is 0 Å². The van der Waals surface area contributed by atoms with E-state index in [-0.39, 0.29) is 12.8 Å². The number of carbonyl (C=O) groups is 1.